The highest BCUT2D eigenvalue weighted by Crippen LogP contribution is 2.24. The van der Waals surface area contributed by atoms with Crippen LogP contribution in [0.4, 0.5) is 0 Å². The number of carbonyl (C=O) groups is 1. The first-order valence-corrected chi connectivity index (χ1v) is 8.19. The van der Waals surface area contributed by atoms with Crippen molar-refractivity contribution in [2.24, 2.45) is 17.6 Å². The van der Waals surface area contributed by atoms with Crippen LogP contribution in [0.15, 0.2) is 0 Å². The Labute approximate surface area is 121 Å². The maximum absolute atomic E-state index is 12.6. The van der Waals surface area contributed by atoms with Gasteiger partial charge in [-0.25, -0.2) is 0 Å². The molecule has 1 aliphatic heterocycles. The number of piperidine rings is 1. The van der Waals surface area contributed by atoms with Gasteiger partial charge in [0, 0.05) is 26.7 Å². The molecule has 0 radical (unpaired) electrons. The molecule has 118 valence electrons. The molecule has 0 saturated carbocycles. The number of hydrogen-bond acceptors (Lipinski definition) is 4. The van der Waals surface area contributed by atoms with Gasteiger partial charge in [-0.05, 0) is 18.3 Å². The fourth-order valence-electron chi connectivity index (χ4n) is 2.60. The molecule has 8 heteroatoms. The summed E-state index contributed by atoms with van der Waals surface area (Å²) < 4.78 is 32.7. The third-order valence-electron chi connectivity index (χ3n) is 3.36. The van der Waals surface area contributed by atoms with Gasteiger partial charge in [0.15, 0.2) is 0 Å². The monoisotopic (exact) mass is 307 g/mol. The van der Waals surface area contributed by atoms with E-state index >= 15 is 0 Å². The van der Waals surface area contributed by atoms with E-state index < -0.39 is 16.1 Å². The molecule has 0 aromatic rings. The molecule has 7 nitrogen and oxygen atoms in total. The minimum absolute atomic E-state index is 0.126. The Morgan fingerprint density at radius 1 is 1.35 bits per heavy atom. The predicted octanol–water partition coefficient (Wildman–Crippen LogP) is -0.357. The van der Waals surface area contributed by atoms with Crippen molar-refractivity contribution in [3.63, 3.8) is 0 Å². The SMILES string of the molecule is COCCN(CC(N)=O)S(=O)(=O)N1C[C@H](C)C[C@@H](C)C1. The van der Waals surface area contributed by atoms with Crippen LogP contribution in [0.2, 0.25) is 0 Å². The van der Waals surface area contributed by atoms with E-state index in [1.165, 1.54) is 11.4 Å². The number of amides is 1. The second-order valence-electron chi connectivity index (χ2n) is 5.56. The lowest BCUT2D eigenvalue weighted by Crippen LogP contribution is -2.52. The van der Waals surface area contributed by atoms with Gasteiger partial charge in [0.2, 0.25) is 5.91 Å². The van der Waals surface area contributed by atoms with Crippen LogP contribution < -0.4 is 5.73 Å². The van der Waals surface area contributed by atoms with E-state index in [0.717, 1.165) is 10.7 Å². The third-order valence-corrected chi connectivity index (χ3v) is 5.28. The van der Waals surface area contributed by atoms with Crippen LogP contribution >= 0.6 is 0 Å². The fraction of sp³-hybridized carbons (Fsp3) is 0.917. The van der Waals surface area contributed by atoms with Crippen molar-refractivity contribution in [2.75, 3.05) is 39.9 Å². The Bertz CT molecular complexity index is 416. The van der Waals surface area contributed by atoms with Crippen molar-refractivity contribution < 1.29 is 17.9 Å². The Morgan fingerprint density at radius 3 is 2.35 bits per heavy atom. The first-order valence-electron chi connectivity index (χ1n) is 6.79. The van der Waals surface area contributed by atoms with Crippen molar-refractivity contribution in [3.8, 4) is 0 Å². The van der Waals surface area contributed by atoms with Gasteiger partial charge in [0.25, 0.3) is 10.2 Å². The number of nitrogens with two attached hydrogens (primary N) is 1. The van der Waals surface area contributed by atoms with Crippen molar-refractivity contribution in [1.29, 1.82) is 0 Å². The highest BCUT2D eigenvalue weighted by Gasteiger charge is 2.35. The number of carbonyl (C=O) groups excluding carboxylic acids is 1. The summed E-state index contributed by atoms with van der Waals surface area (Å²) in [6, 6.07) is 0. The second kappa shape index (κ2) is 7.35. The number of rotatable bonds is 7. The van der Waals surface area contributed by atoms with Crippen molar-refractivity contribution in [3.05, 3.63) is 0 Å². The van der Waals surface area contributed by atoms with Crippen LogP contribution in [0, 0.1) is 11.8 Å². The average Bonchev–Trinajstić information content (AvgIpc) is 2.32. The lowest BCUT2D eigenvalue weighted by molar-refractivity contribution is -0.118. The molecular formula is C12H25N3O4S. The molecule has 0 unspecified atom stereocenters. The zero-order valence-corrected chi connectivity index (χ0v) is 13.2. The minimum Gasteiger partial charge on any atom is -0.383 e. The quantitative estimate of drug-likeness (QED) is 0.695. The first kappa shape index (κ1) is 17.4. The second-order valence-corrected chi connectivity index (χ2v) is 7.49. The molecule has 1 aliphatic rings. The summed E-state index contributed by atoms with van der Waals surface area (Å²) in [6.07, 6.45) is 1.01. The van der Waals surface area contributed by atoms with Crippen LogP contribution in [0.25, 0.3) is 0 Å². The van der Waals surface area contributed by atoms with Gasteiger partial charge in [0.05, 0.1) is 13.2 Å². The molecular weight excluding hydrogens is 282 g/mol. The maximum Gasteiger partial charge on any atom is 0.282 e. The fourth-order valence-corrected chi connectivity index (χ4v) is 4.41. The molecule has 2 N–H and O–H groups in total. The lowest BCUT2D eigenvalue weighted by atomic mass is 9.94. The van der Waals surface area contributed by atoms with Crippen LogP contribution in [0.3, 0.4) is 0 Å². The van der Waals surface area contributed by atoms with Crippen LogP contribution in [-0.4, -0.2) is 62.8 Å². The van der Waals surface area contributed by atoms with Gasteiger partial charge in [-0.15, -0.1) is 0 Å². The average molecular weight is 307 g/mol. The normalized spacial score (nSPS) is 25.0. The van der Waals surface area contributed by atoms with Gasteiger partial charge >= 0.3 is 0 Å². The van der Waals surface area contributed by atoms with Gasteiger partial charge in [-0.1, -0.05) is 13.8 Å². The first-order chi connectivity index (χ1) is 9.27. The molecule has 0 aromatic carbocycles. The predicted molar refractivity (Wildman–Crippen MR) is 76.1 cm³/mol. The molecule has 0 aromatic heterocycles. The van der Waals surface area contributed by atoms with E-state index in [0.29, 0.717) is 24.9 Å². The van der Waals surface area contributed by atoms with Crippen LogP contribution in [0.5, 0.6) is 0 Å². The Hall–Kier alpha value is -0.700. The summed E-state index contributed by atoms with van der Waals surface area (Å²) in [7, 11) is -2.19. The van der Waals surface area contributed by atoms with Crippen LogP contribution in [0.1, 0.15) is 20.3 Å². The summed E-state index contributed by atoms with van der Waals surface area (Å²) in [4.78, 5) is 11.1. The van der Waals surface area contributed by atoms with Crippen LogP contribution in [-0.2, 0) is 19.7 Å². The van der Waals surface area contributed by atoms with E-state index in [1.54, 1.807) is 0 Å². The van der Waals surface area contributed by atoms with Gasteiger partial charge in [-0.3, -0.25) is 4.79 Å². The number of ether oxygens (including phenoxy) is 1. The Kier molecular flexibility index (Phi) is 6.38. The smallest absolute Gasteiger partial charge is 0.282 e. The van der Waals surface area contributed by atoms with E-state index in [-0.39, 0.29) is 19.7 Å². The summed E-state index contributed by atoms with van der Waals surface area (Å²) in [5.74, 6) is -0.0412. The summed E-state index contributed by atoms with van der Waals surface area (Å²) >= 11 is 0. The Balaban J connectivity index is 2.87. The summed E-state index contributed by atoms with van der Waals surface area (Å²) in [6.45, 7) is 5.07. The summed E-state index contributed by atoms with van der Waals surface area (Å²) in [5.41, 5.74) is 5.14. The number of methoxy groups -OCH3 is 1. The zero-order chi connectivity index (χ0) is 15.3. The minimum atomic E-state index is -3.67. The molecule has 1 saturated heterocycles. The molecule has 20 heavy (non-hydrogen) atoms. The van der Waals surface area contributed by atoms with E-state index in [1.807, 2.05) is 13.8 Å². The highest BCUT2D eigenvalue weighted by molar-refractivity contribution is 7.86. The zero-order valence-electron chi connectivity index (χ0n) is 12.4. The molecule has 1 fully saturated rings. The van der Waals surface area contributed by atoms with E-state index in [4.69, 9.17) is 10.5 Å². The molecule has 1 heterocycles. The van der Waals surface area contributed by atoms with Crippen molar-refractivity contribution in [1.82, 2.24) is 8.61 Å². The van der Waals surface area contributed by atoms with E-state index in [9.17, 15) is 13.2 Å². The molecule has 2 atom stereocenters. The van der Waals surface area contributed by atoms with Gasteiger partial charge < -0.3 is 10.5 Å². The van der Waals surface area contributed by atoms with Gasteiger partial charge in [0.1, 0.15) is 0 Å². The number of hydrogen-bond donors (Lipinski definition) is 1. The van der Waals surface area contributed by atoms with Crippen molar-refractivity contribution in [2.45, 2.75) is 20.3 Å². The highest BCUT2D eigenvalue weighted by atomic mass is 32.2. The maximum atomic E-state index is 12.6. The molecule has 1 amide bonds. The lowest BCUT2D eigenvalue weighted by Gasteiger charge is -2.36. The van der Waals surface area contributed by atoms with E-state index in [2.05, 4.69) is 0 Å². The summed E-state index contributed by atoms with van der Waals surface area (Å²) in [5, 5.41) is 0. The standard InChI is InChI=1S/C12H25N3O4S/c1-10-6-11(2)8-15(7-10)20(17,18)14(4-5-19-3)9-12(13)16/h10-11H,4-9H2,1-3H3,(H2,13,16)/t10-,11-/m1/s1. The molecule has 0 bridgehead atoms. The topological polar surface area (TPSA) is 92.9 Å². The molecule has 0 aliphatic carbocycles. The molecule has 0 spiro atoms. The van der Waals surface area contributed by atoms with Crippen molar-refractivity contribution >= 4 is 16.1 Å². The largest absolute Gasteiger partial charge is 0.383 e. The number of primary amides is 1. The Morgan fingerprint density at radius 2 is 1.90 bits per heavy atom. The molecule has 1 rings (SSSR count). The number of nitrogens with zero attached hydrogens (tertiary/aromatic N) is 2. The third kappa shape index (κ3) is 4.69. The van der Waals surface area contributed by atoms with Gasteiger partial charge in [-0.2, -0.15) is 17.0 Å².